The van der Waals surface area contributed by atoms with E-state index in [2.05, 4.69) is 34.0 Å². The SMILES string of the molecule is CC(C)c1nc(-c2ccccn2)sc1-c1n[nH]c(=S)o1. The van der Waals surface area contributed by atoms with E-state index >= 15 is 0 Å². The largest absolute Gasteiger partial charge is 0.408 e. The molecule has 3 rings (SSSR count). The lowest BCUT2D eigenvalue weighted by Crippen LogP contribution is -1.91. The molecule has 102 valence electrons. The Hall–Kier alpha value is -1.86. The number of nitrogens with one attached hydrogen (secondary N) is 1. The van der Waals surface area contributed by atoms with Crippen LogP contribution in [0.15, 0.2) is 28.8 Å². The topological polar surface area (TPSA) is 67.6 Å². The second-order valence-electron chi connectivity index (χ2n) is 4.52. The molecule has 0 aliphatic rings. The van der Waals surface area contributed by atoms with Crippen LogP contribution in [0.3, 0.4) is 0 Å². The van der Waals surface area contributed by atoms with E-state index in [-0.39, 0.29) is 10.8 Å². The molecular weight excluding hydrogens is 292 g/mol. The summed E-state index contributed by atoms with van der Waals surface area (Å²) >= 11 is 6.44. The molecule has 7 heteroatoms. The Labute approximate surface area is 124 Å². The molecule has 0 aliphatic heterocycles. The number of pyridine rings is 1. The molecule has 0 aliphatic carbocycles. The molecule has 3 aromatic heterocycles. The van der Waals surface area contributed by atoms with Crippen LogP contribution >= 0.6 is 23.6 Å². The van der Waals surface area contributed by atoms with Crippen LogP contribution in [0.2, 0.25) is 0 Å². The maximum absolute atomic E-state index is 5.41. The van der Waals surface area contributed by atoms with Gasteiger partial charge in [-0.25, -0.2) is 10.1 Å². The van der Waals surface area contributed by atoms with Gasteiger partial charge < -0.3 is 4.42 Å². The lowest BCUT2D eigenvalue weighted by Gasteiger charge is -2.00. The van der Waals surface area contributed by atoms with Crippen molar-refractivity contribution in [2.45, 2.75) is 19.8 Å². The Bertz CT molecular complexity index is 773. The first-order chi connectivity index (χ1) is 9.65. The molecule has 0 atom stereocenters. The summed E-state index contributed by atoms with van der Waals surface area (Å²) < 4.78 is 5.41. The van der Waals surface area contributed by atoms with E-state index in [1.165, 1.54) is 11.3 Å². The summed E-state index contributed by atoms with van der Waals surface area (Å²) in [4.78, 5) is 10.2. The van der Waals surface area contributed by atoms with E-state index in [0.717, 1.165) is 21.3 Å². The van der Waals surface area contributed by atoms with Gasteiger partial charge in [-0.3, -0.25) is 4.98 Å². The highest BCUT2D eigenvalue weighted by Crippen LogP contribution is 2.37. The van der Waals surface area contributed by atoms with E-state index in [9.17, 15) is 0 Å². The summed E-state index contributed by atoms with van der Waals surface area (Å²) in [5.74, 6) is 0.748. The van der Waals surface area contributed by atoms with Crippen molar-refractivity contribution >= 4 is 23.6 Å². The second kappa shape index (κ2) is 5.26. The Morgan fingerprint density at radius 2 is 2.20 bits per heavy atom. The minimum absolute atomic E-state index is 0.263. The Kier molecular flexibility index (Phi) is 3.45. The molecule has 0 bridgehead atoms. The number of H-pyrrole nitrogens is 1. The fourth-order valence-electron chi connectivity index (χ4n) is 1.80. The van der Waals surface area contributed by atoms with Crippen LogP contribution in [0.25, 0.3) is 21.5 Å². The molecule has 0 aromatic carbocycles. The number of thiazole rings is 1. The van der Waals surface area contributed by atoms with Crippen LogP contribution < -0.4 is 0 Å². The summed E-state index contributed by atoms with van der Waals surface area (Å²) in [5, 5.41) is 7.59. The molecule has 0 radical (unpaired) electrons. The second-order valence-corrected chi connectivity index (χ2v) is 5.89. The molecular formula is C13H12N4OS2. The van der Waals surface area contributed by atoms with E-state index in [1.807, 2.05) is 18.2 Å². The fraction of sp³-hybridized carbons (Fsp3) is 0.231. The zero-order valence-corrected chi connectivity index (χ0v) is 12.6. The Balaban J connectivity index is 2.14. The molecule has 0 unspecified atom stereocenters. The summed E-state index contributed by atoms with van der Waals surface area (Å²) in [5.41, 5.74) is 1.79. The van der Waals surface area contributed by atoms with Crippen molar-refractivity contribution in [2.75, 3.05) is 0 Å². The van der Waals surface area contributed by atoms with Gasteiger partial charge >= 0.3 is 0 Å². The molecule has 0 saturated heterocycles. The van der Waals surface area contributed by atoms with Gasteiger partial charge in [0.15, 0.2) is 0 Å². The highest BCUT2D eigenvalue weighted by molar-refractivity contribution is 7.71. The Morgan fingerprint density at radius 1 is 1.35 bits per heavy atom. The lowest BCUT2D eigenvalue weighted by atomic mass is 10.1. The van der Waals surface area contributed by atoms with Crippen LogP contribution in [0.4, 0.5) is 0 Å². The summed E-state index contributed by atoms with van der Waals surface area (Å²) in [7, 11) is 0. The molecule has 0 amide bonds. The normalized spacial score (nSPS) is 11.2. The molecule has 0 spiro atoms. The van der Waals surface area contributed by atoms with Gasteiger partial charge in [0.1, 0.15) is 9.88 Å². The zero-order valence-electron chi connectivity index (χ0n) is 11.0. The maximum atomic E-state index is 5.41. The molecule has 5 nitrogen and oxygen atoms in total. The van der Waals surface area contributed by atoms with Crippen LogP contribution in [-0.4, -0.2) is 20.2 Å². The number of aromatic amines is 1. The predicted molar refractivity (Wildman–Crippen MR) is 80.1 cm³/mol. The first-order valence-corrected chi connectivity index (χ1v) is 7.35. The summed E-state index contributed by atoms with van der Waals surface area (Å²) in [6, 6.07) is 5.76. The van der Waals surface area contributed by atoms with E-state index in [0.29, 0.717) is 5.89 Å². The molecule has 20 heavy (non-hydrogen) atoms. The third kappa shape index (κ3) is 2.41. The smallest absolute Gasteiger partial charge is 0.284 e. The predicted octanol–water partition coefficient (Wildman–Crippen LogP) is 4.04. The van der Waals surface area contributed by atoms with Gasteiger partial charge in [-0.2, -0.15) is 0 Å². The van der Waals surface area contributed by atoms with Gasteiger partial charge in [-0.1, -0.05) is 19.9 Å². The van der Waals surface area contributed by atoms with E-state index < -0.39 is 0 Å². The standard InChI is InChI=1S/C13H12N4OS2/c1-7(2)9-10(11-16-17-13(19)18-11)20-12(15-9)8-5-3-4-6-14-8/h3-7H,1-2H3,(H,17,19). The minimum Gasteiger partial charge on any atom is -0.408 e. The van der Waals surface area contributed by atoms with E-state index in [4.69, 9.17) is 16.6 Å². The molecule has 0 fully saturated rings. The van der Waals surface area contributed by atoms with E-state index in [1.54, 1.807) is 6.20 Å². The maximum Gasteiger partial charge on any atom is 0.284 e. The lowest BCUT2D eigenvalue weighted by molar-refractivity contribution is 0.552. The number of aromatic nitrogens is 4. The van der Waals surface area contributed by atoms with Crippen LogP contribution in [-0.2, 0) is 0 Å². The minimum atomic E-state index is 0.263. The van der Waals surface area contributed by atoms with Crippen molar-refractivity contribution in [1.82, 2.24) is 20.2 Å². The summed E-state index contributed by atoms with van der Waals surface area (Å²) in [6.07, 6.45) is 1.76. The van der Waals surface area contributed by atoms with Crippen LogP contribution in [0, 0.1) is 4.84 Å². The quantitative estimate of drug-likeness (QED) is 0.740. The van der Waals surface area contributed by atoms with Crippen molar-refractivity contribution in [3.63, 3.8) is 0 Å². The zero-order chi connectivity index (χ0) is 14.1. The van der Waals surface area contributed by atoms with Gasteiger partial charge in [-0.05, 0) is 30.3 Å². The van der Waals surface area contributed by atoms with Gasteiger partial charge in [-0.15, -0.1) is 16.4 Å². The number of hydrogen-bond donors (Lipinski definition) is 1. The molecule has 3 aromatic rings. The summed E-state index contributed by atoms with van der Waals surface area (Å²) in [6.45, 7) is 4.17. The molecule has 1 N–H and O–H groups in total. The highest BCUT2D eigenvalue weighted by atomic mass is 32.1. The van der Waals surface area contributed by atoms with Gasteiger partial charge in [0.25, 0.3) is 10.7 Å². The highest BCUT2D eigenvalue weighted by Gasteiger charge is 2.20. The van der Waals surface area contributed by atoms with Crippen LogP contribution in [0.5, 0.6) is 0 Å². The monoisotopic (exact) mass is 304 g/mol. The van der Waals surface area contributed by atoms with Gasteiger partial charge in [0, 0.05) is 6.20 Å². The number of hydrogen-bond acceptors (Lipinski definition) is 6. The average molecular weight is 304 g/mol. The third-order valence-electron chi connectivity index (χ3n) is 2.72. The van der Waals surface area contributed by atoms with Gasteiger partial charge in [0.05, 0.1) is 11.4 Å². The number of nitrogens with zero attached hydrogens (tertiary/aromatic N) is 3. The fourth-order valence-corrected chi connectivity index (χ4v) is 3.05. The number of rotatable bonds is 3. The Morgan fingerprint density at radius 3 is 2.80 bits per heavy atom. The third-order valence-corrected chi connectivity index (χ3v) is 3.97. The van der Waals surface area contributed by atoms with Crippen molar-refractivity contribution in [3.05, 3.63) is 34.9 Å². The van der Waals surface area contributed by atoms with Gasteiger partial charge in [0.2, 0.25) is 0 Å². The molecule has 3 heterocycles. The molecule has 0 saturated carbocycles. The first-order valence-electron chi connectivity index (χ1n) is 6.13. The average Bonchev–Trinajstić information content (AvgIpc) is 3.05. The van der Waals surface area contributed by atoms with Crippen molar-refractivity contribution in [2.24, 2.45) is 0 Å². The van der Waals surface area contributed by atoms with Crippen LogP contribution in [0.1, 0.15) is 25.5 Å². The van der Waals surface area contributed by atoms with Crippen molar-refractivity contribution in [3.8, 4) is 21.5 Å². The van der Waals surface area contributed by atoms with Crippen molar-refractivity contribution in [1.29, 1.82) is 0 Å². The van der Waals surface area contributed by atoms with Crippen molar-refractivity contribution < 1.29 is 4.42 Å². The first kappa shape index (κ1) is 13.1.